The van der Waals surface area contributed by atoms with E-state index in [0.29, 0.717) is 11.3 Å². The molecule has 1 aromatic rings. The molecule has 0 aliphatic rings. The van der Waals surface area contributed by atoms with E-state index >= 15 is 0 Å². The molecule has 0 unspecified atom stereocenters. The van der Waals surface area contributed by atoms with Gasteiger partial charge in [-0.3, -0.25) is 0 Å². The second-order valence-electron chi connectivity index (χ2n) is 4.34. The highest BCUT2D eigenvalue weighted by Crippen LogP contribution is 2.30. The van der Waals surface area contributed by atoms with E-state index in [2.05, 4.69) is 0 Å². The smallest absolute Gasteiger partial charge is 0.130 e. The number of aryl methyl sites for hydroxylation is 1. The Morgan fingerprint density at radius 3 is 2.47 bits per heavy atom. The molecule has 0 aromatic heterocycles. The minimum Gasteiger partial charge on any atom is -0.496 e. The molecule has 0 spiro atoms. The van der Waals surface area contributed by atoms with Gasteiger partial charge in [0.25, 0.3) is 0 Å². The molecule has 0 heterocycles. The van der Waals surface area contributed by atoms with Crippen LogP contribution in [-0.2, 0) is 5.41 Å². The molecule has 0 aliphatic carbocycles. The molecule has 0 fully saturated rings. The Balaban J connectivity index is 3.28. The fourth-order valence-corrected chi connectivity index (χ4v) is 1.49. The van der Waals surface area contributed by atoms with Gasteiger partial charge in [-0.25, -0.2) is 4.39 Å². The number of ether oxygens (including phenoxy) is 1. The summed E-state index contributed by atoms with van der Waals surface area (Å²) in [6.07, 6.45) is 0. The summed E-state index contributed by atoms with van der Waals surface area (Å²) in [4.78, 5) is 0. The Labute approximate surface area is 89.7 Å². The molecule has 0 bridgehead atoms. The molecule has 0 radical (unpaired) electrons. The first-order valence-electron chi connectivity index (χ1n) is 4.88. The lowest BCUT2D eigenvalue weighted by Gasteiger charge is -2.23. The molecule has 0 atom stereocenters. The zero-order chi connectivity index (χ0) is 11.6. The zero-order valence-electron chi connectivity index (χ0n) is 9.60. The number of hydrogen-bond donors (Lipinski definition) is 1. The first-order chi connectivity index (χ1) is 6.92. The van der Waals surface area contributed by atoms with Gasteiger partial charge in [-0.15, -0.1) is 0 Å². The molecule has 1 N–H and O–H groups in total. The van der Waals surface area contributed by atoms with Crippen LogP contribution in [0.5, 0.6) is 5.75 Å². The lowest BCUT2D eigenvalue weighted by Crippen LogP contribution is -2.23. The summed E-state index contributed by atoms with van der Waals surface area (Å²) < 4.78 is 18.7. The van der Waals surface area contributed by atoms with Gasteiger partial charge in [-0.1, -0.05) is 13.8 Å². The van der Waals surface area contributed by atoms with Gasteiger partial charge in [0.1, 0.15) is 11.6 Å². The van der Waals surface area contributed by atoms with Gasteiger partial charge in [-0.05, 0) is 24.1 Å². The van der Waals surface area contributed by atoms with E-state index < -0.39 is 5.41 Å². The maximum absolute atomic E-state index is 13.7. The summed E-state index contributed by atoms with van der Waals surface area (Å²) in [6.45, 7) is 5.37. The second-order valence-corrected chi connectivity index (χ2v) is 4.34. The molecular weight excluding hydrogens is 195 g/mol. The van der Waals surface area contributed by atoms with Crippen LogP contribution in [0.15, 0.2) is 12.1 Å². The fourth-order valence-electron chi connectivity index (χ4n) is 1.49. The lowest BCUT2D eigenvalue weighted by molar-refractivity contribution is 0.214. The molecule has 3 heteroatoms. The number of aliphatic hydroxyl groups is 1. The molecule has 0 aliphatic heterocycles. The van der Waals surface area contributed by atoms with Crippen LogP contribution in [0.4, 0.5) is 4.39 Å². The Morgan fingerprint density at radius 2 is 2.00 bits per heavy atom. The van der Waals surface area contributed by atoms with Gasteiger partial charge < -0.3 is 9.84 Å². The van der Waals surface area contributed by atoms with E-state index in [1.165, 1.54) is 13.2 Å². The normalized spacial score (nSPS) is 11.6. The van der Waals surface area contributed by atoms with E-state index in [4.69, 9.17) is 4.74 Å². The topological polar surface area (TPSA) is 29.5 Å². The largest absolute Gasteiger partial charge is 0.496 e. The minimum absolute atomic E-state index is 0.0876. The SMILES string of the molecule is COc1cc(F)c(C(C)(C)CO)cc1C. The Hall–Kier alpha value is -1.09. The maximum atomic E-state index is 13.7. The van der Waals surface area contributed by atoms with Crippen LogP contribution in [0.1, 0.15) is 25.0 Å². The molecule has 1 aromatic carbocycles. The van der Waals surface area contributed by atoms with Crippen LogP contribution >= 0.6 is 0 Å². The predicted octanol–water partition coefficient (Wildman–Crippen LogP) is 2.41. The zero-order valence-corrected chi connectivity index (χ0v) is 9.60. The van der Waals surface area contributed by atoms with Crippen molar-refractivity contribution in [3.63, 3.8) is 0 Å². The Kier molecular flexibility index (Phi) is 3.35. The van der Waals surface area contributed by atoms with Gasteiger partial charge in [0, 0.05) is 11.5 Å². The molecule has 15 heavy (non-hydrogen) atoms. The fraction of sp³-hybridized carbons (Fsp3) is 0.500. The van der Waals surface area contributed by atoms with Crippen molar-refractivity contribution in [2.24, 2.45) is 0 Å². The van der Waals surface area contributed by atoms with Crippen LogP contribution in [0.3, 0.4) is 0 Å². The highest BCUT2D eigenvalue weighted by atomic mass is 19.1. The summed E-state index contributed by atoms with van der Waals surface area (Å²) in [5.41, 5.74) is 0.819. The van der Waals surface area contributed by atoms with Crippen molar-refractivity contribution in [1.82, 2.24) is 0 Å². The quantitative estimate of drug-likeness (QED) is 0.833. The standard InChI is InChI=1S/C12H17FO2/c1-8-5-9(12(2,3)7-14)10(13)6-11(8)15-4/h5-6,14H,7H2,1-4H3. The van der Waals surface area contributed by atoms with Crippen molar-refractivity contribution < 1.29 is 14.2 Å². The van der Waals surface area contributed by atoms with Gasteiger partial charge in [-0.2, -0.15) is 0 Å². The first-order valence-corrected chi connectivity index (χ1v) is 4.88. The Morgan fingerprint density at radius 1 is 1.40 bits per heavy atom. The van der Waals surface area contributed by atoms with E-state index in [9.17, 15) is 9.50 Å². The lowest BCUT2D eigenvalue weighted by atomic mass is 9.84. The number of methoxy groups -OCH3 is 1. The molecule has 2 nitrogen and oxygen atoms in total. The molecule has 0 amide bonds. The van der Waals surface area contributed by atoms with Crippen molar-refractivity contribution in [1.29, 1.82) is 0 Å². The third-order valence-corrected chi connectivity index (χ3v) is 2.61. The van der Waals surface area contributed by atoms with Crippen LogP contribution in [-0.4, -0.2) is 18.8 Å². The van der Waals surface area contributed by atoms with Crippen molar-refractivity contribution in [2.45, 2.75) is 26.2 Å². The highest BCUT2D eigenvalue weighted by Gasteiger charge is 2.24. The molecular formula is C12H17FO2. The van der Waals surface area contributed by atoms with E-state index in [1.54, 1.807) is 19.9 Å². The van der Waals surface area contributed by atoms with Crippen LogP contribution in [0.2, 0.25) is 0 Å². The molecule has 1 rings (SSSR count). The second kappa shape index (κ2) is 4.19. The van der Waals surface area contributed by atoms with Crippen LogP contribution in [0, 0.1) is 12.7 Å². The summed E-state index contributed by atoms with van der Waals surface area (Å²) in [6, 6.07) is 3.09. The number of rotatable bonds is 3. The van der Waals surface area contributed by atoms with E-state index in [-0.39, 0.29) is 12.4 Å². The summed E-state index contributed by atoms with van der Waals surface area (Å²) in [5, 5.41) is 9.19. The number of hydrogen-bond acceptors (Lipinski definition) is 2. The van der Waals surface area contributed by atoms with Crippen molar-refractivity contribution >= 4 is 0 Å². The third-order valence-electron chi connectivity index (χ3n) is 2.61. The first kappa shape index (κ1) is 12.0. The summed E-state index contributed by atoms with van der Waals surface area (Å²) >= 11 is 0. The molecule has 0 saturated heterocycles. The summed E-state index contributed by atoms with van der Waals surface area (Å²) in [7, 11) is 1.51. The van der Waals surface area contributed by atoms with Crippen molar-refractivity contribution in [2.75, 3.05) is 13.7 Å². The number of benzene rings is 1. The van der Waals surface area contributed by atoms with Gasteiger partial charge in [0.2, 0.25) is 0 Å². The van der Waals surface area contributed by atoms with Crippen molar-refractivity contribution in [3.05, 3.63) is 29.1 Å². The van der Waals surface area contributed by atoms with Crippen molar-refractivity contribution in [3.8, 4) is 5.75 Å². The molecule has 0 saturated carbocycles. The third kappa shape index (κ3) is 2.29. The van der Waals surface area contributed by atoms with Crippen LogP contribution < -0.4 is 4.74 Å². The predicted molar refractivity (Wildman–Crippen MR) is 57.8 cm³/mol. The Bertz CT molecular complexity index is 359. The van der Waals surface area contributed by atoms with Gasteiger partial charge >= 0.3 is 0 Å². The average molecular weight is 212 g/mol. The summed E-state index contributed by atoms with van der Waals surface area (Å²) in [5.74, 6) is 0.196. The average Bonchev–Trinajstić information content (AvgIpc) is 2.20. The van der Waals surface area contributed by atoms with Crippen LogP contribution in [0.25, 0.3) is 0 Å². The van der Waals surface area contributed by atoms with E-state index in [1.807, 2.05) is 6.92 Å². The molecule has 84 valence electrons. The van der Waals surface area contributed by atoms with Gasteiger partial charge in [0.05, 0.1) is 13.7 Å². The van der Waals surface area contributed by atoms with E-state index in [0.717, 1.165) is 5.56 Å². The monoisotopic (exact) mass is 212 g/mol. The number of halogens is 1. The maximum Gasteiger partial charge on any atom is 0.130 e. The minimum atomic E-state index is -0.568. The number of aliphatic hydroxyl groups excluding tert-OH is 1. The van der Waals surface area contributed by atoms with Gasteiger partial charge in [0.15, 0.2) is 0 Å². The highest BCUT2D eigenvalue weighted by molar-refractivity contribution is 5.40.